The van der Waals surface area contributed by atoms with Crippen molar-refractivity contribution in [2.75, 3.05) is 33.7 Å². The summed E-state index contributed by atoms with van der Waals surface area (Å²) in [5.74, 6) is -0.693. The number of likely N-dealkylation sites (N-methyl/N-ethyl adjacent to an activating group) is 2. The van der Waals surface area contributed by atoms with Crippen molar-refractivity contribution >= 4 is 5.97 Å². The number of carboxylic acid groups (broad SMARTS) is 1. The molecule has 116 valence electrons. The molecular formula is C15H29N3O2. The van der Waals surface area contributed by atoms with Crippen LogP contribution in [0.3, 0.4) is 0 Å². The molecule has 3 atom stereocenters. The summed E-state index contributed by atoms with van der Waals surface area (Å²) in [4.78, 5) is 16.1. The van der Waals surface area contributed by atoms with Gasteiger partial charge in [0.2, 0.25) is 0 Å². The fourth-order valence-electron chi connectivity index (χ4n) is 3.82. The zero-order chi connectivity index (χ0) is 14.8. The van der Waals surface area contributed by atoms with Crippen LogP contribution in [0.15, 0.2) is 0 Å². The van der Waals surface area contributed by atoms with E-state index in [2.05, 4.69) is 23.9 Å². The van der Waals surface area contributed by atoms with Gasteiger partial charge in [0, 0.05) is 12.6 Å². The van der Waals surface area contributed by atoms with Gasteiger partial charge < -0.3 is 20.6 Å². The highest BCUT2D eigenvalue weighted by atomic mass is 16.4. The molecule has 1 saturated carbocycles. The van der Waals surface area contributed by atoms with Gasteiger partial charge >= 0.3 is 5.97 Å². The van der Waals surface area contributed by atoms with Gasteiger partial charge in [-0.15, -0.1) is 0 Å². The van der Waals surface area contributed by atoms with Crippen LogP contribution in [0.4, 0.5) is 0 Å². The number of carboxylic acids is 1. The average molecular weight is 283 g/mol. The maximum absolute atomic E-state index is 11.4. The summed E-state index contributed by atoms with van der Waals surface area (Å²) in [5, 5.41) is 9.33. The first-order valence-electron chi connectivity index (χ1n) is 7.84. The Morgan fingerprint density at radius 3 is 2.80 bits per heavy atom. The largest absolute Gasteiger partial charge is 0.480 e. The van der Waals surface area contributed by atoms with Gasteiger partial charge in [0.1, 0.15) is 5.54 Å². The fourth-order valence-corrected chi connectivity index (χ4v) is 3.82. The van der Waals surface area contributed by atoms with Crippen molar-refractivity contribution in [3.05, 3.63) is 0 Å². The first-order valence-corrected chi connectivity index (χ1v) is 7.84. The van der Waals surface area contributed by atoms with E-state index in [1.165, 1.54) is 19.4 Å². The van der Waals surface area contributed by atoms with Gasteiger partial charge in [-0.2, -0.15) is 0 Å². The summed E-state index contributed by atoms with van der Waals surface area (Å²) in [6, 6.07) is 0.658. The van der Waals surface area contributed by atoms with Crippen LogP contribution in [0.2, 0.25) is 0 Å². The molecule has 2 fully saturated rings. The number of nitrogens with zero attached hydrogens (tertiary/aromatic N) is 2. The minimum absolute atomic E-state index is 0.128. The number of aliphatic carboxylic acids is 1. The summed E-state index contributed by atoms with van der Waals surface area (Å²) in [6.45, 7) is 3.22. The van der Waals surface area contributed by atoms with Gasteiger partial charge in [-0.1, -0.05) is 6.42 Å². The van der Waals surface area contributed by atoms with Crippen molar-refractivity contribution in [2.24, 2.45) is 11.7 Å². The third-order valence-corrected chi connectivity index (χ3v) is 5.32. The summed E-state index contributed by atoms with van der Waals surface area (Å²) >= 11 is 0. The molecule has 0 amide bonds. The maximum atomic E-state index is 11.4. The van der Waals surface area contributed by atoms with E-state index in [1.807, 2.05) is 0 Å². The van der Waals surface area contributed by atoms with Crippen molar-refractivity contribution in [3.63, 3.8) is 0 Å². The molecular weight excluding hydrogens is 254 g/mol. The number of rotatable bonds is 6. The number of likely N-dealkylation sites (tertiary alicyclic amines) is 1. The quantitative estimate of drug-likeness (QED) is 0.760. The van der Waals surface area contributed by atoms with E-state index in [1.54, 1.807) is 0 Å². The number of carbonyl (C=O) groups is 1. The highest BCUT2D eigenvalue weighted by molar-refractivity contribution is 5.79. The second kappa shape index (κ2) is 6.41. The van der Waals surface area contributed by atoms with Crippen LogP contribution in [0.1, 0.15) is 38.5 Å². The molecule has 5 heteroatoms. The van der Waals surface area contributed by atoms with Crippen LogP contribution in [-0.4, -0.2) is 66.2 Å². The van der Waals surface area contributed by atoms with E-state index in [-0.39, 0.29) is 5.92 Å². The molecule has 1 heterocycles. The van der Waals surface area contributed by atoms with Crippen LogP contribution in [0.5, 0.6) is 0 Å². The lowest BCUT2D eigenvalue weighted by Gasteiger charge is -2.30. The van der Waals surface area contributed by atoms with E-state index >= 15 is 0 Å². The van der Waals surface area contributed by atoms with Crippen molar-refractivity contribution in [3.8, 4) is 0 Å². The van der Waals surface area contributed by atoms with Gasteiger partial charge in [-0.05, 0) is 65.2 Å². The highest BCUT2D eigenvalue weighted by Gasteiger charge is 2.45. The van der Waals surface area contributed by atoms with Crippen molar-refractivity contribution in [2.45, 2.75) is 50.1 Å². The van der Waals surface area contributed by atoms with Crippen molar-refractivity contribution in [1.82, 2.24) is 9.80 Å². The number of hydrogen-bond donors (Lipinski definition) is 2. The fraction of sp³-hybridized carbons (Fsp3) is 0.933. The van der Waals surface area contributed by atoms with Crippen LogP contribution in [0.25, 0.3) is 0 Å². The molecule has 2 rings (SSSR count). The van der Waals surface area contributed by atoms with E-state index in [4.69, 9.17) is 5.73 Å². The van der Waals surface area contributed by atoms with Crippen LogP contribution >= 0.6 is 0 Å². The van der Waals surface area contributed by atoms with Gasteiger partial charge in [-0.3, -0.25) is 4.79 Å². The molecule has 0 radical (unpaired) electrons. The van der Waals surface area contributed by atoms with Crippen molar-refractivity contribution in [1.29, 1.82) is 0 Å². The number of nitrogens with two attached hydrogens (primary N) is 1. The first-order chi connectivity index (χ1) is 9.43. The van der Waals surface area contributed by atoms with Crippen LogP contribution in [-0.2, 0) is 4.79 Å². The number of hydrogen-bond acceptors (Lipinski definition) is 4. The minimum Gasteiger partial charge on any atom is -0.480 e. The Labute approximate surface area is 122 Å². The zero-order valence-electron chi connectivity index (χ0n) is 12.8. The van der Waals surface area contributed by atoms with Gasteiger partial charge in [-0.25, -0.2) is 0 Å². The summed E-state index contributed by atoms with van der Waals surface area (Å²) in [5.41, 5.74) is 5.11. The van der Waals surface area contributed by atoms with Crippen molar-refractivity contribution < 1.29 is 9.90 Å². The Morgan fingerprint density at radius 2 is 2.20 bits per heavy atom. The molecule has 1 saturated heterocycles. The molecule has 0 aromatic heterocycles. The normalized spacial score (nSPS) is 35.0. The lowest BCUT2D eigenvalue weighted by Crippen LogP contribution is -2.51. The SMILES string of the molecule is CN(CCC1CCCC1(N)C(=O)O)CC1CCCN1C. The Morgan fingerprint density at radius 1 is 1.45 bits per heavy atom. The molecule has 0 aromatic carbocycles. The molecule has 1 aliphatic carbocycles. The Bertz CT molecular complexity index is 350. The highest BCUT2D eigenvalue weighted by Crippen LogP contribution is 2.36. The lowest BCUT2D eigenvalue weighted by molar-refractivity contribution is -0.144. The molecule has 0 bridgehead atoms. The van der Waals surface area contributed by atoms with Gasteiger partial charge in [0.25, 0.3) is 0 Å². The molecule has 5 nitrogen and oxygen atoms in total. The Hall–Kier alpha value is -0.650. The average Bonchev–Trinajstić information content (AvgIpc) is 2.95. The summed E-state index contributed by atoms with van der Waals surface area (Å²) < 4.78 is 0. The van der Waals surface area contributed by atoms with Crippen LogP contribution < -0.4 is 5.73 Å². The summed E-state index contributed by atoms with van der Waals surface area (Å²) in [7, 11) is 4.33. The maximum Gasteiger partial charge on any atom is 0.323 e. The predicted molar refractivity (Wildman–Crippen MR) is 79.7 cm³/mol. The third-order valence-electron chi connectivity index (χ3n) is 5.32. The predicted octanol–water partition coefficient (Wildman–Crippen LogP) is 0.985. The molecule has 3 N–H and O–H groups in total. The third kappa shape index (κ3) is 3.32. The molecule has 20 heavy (non-hydrogen) atoms. The van der Waals surface area contributed by atoms with E-state index < -0.39 is 11.5 Å². The van der Waals surface area contributed by atoms with Gasteiger partial charge in [0.05, 0.1) is 0 Å². The first kappa shape index (κ1) is 15.7. The Kier molecular flexibility index (Phi) is 5.04. The smallest absolute Gasteiger partial charge is 0.323 e. The second-order valence-electron chi connectivity index (χ2n) is 6.76. The summed E-state index contributed by atoms with van der Waals surface area (Å²) in [6.07, 6.45) is 6.00. The molecule has 0 spiro atoms. The van der Waals surface area contributed by atoms with E-state index in [0.717, 1.165) is 32.4 Å². The molecule has 2 aliphatic rings. The molecule has 1 aliphatic heterocycles. The van der Waals surface area contributed by atoms with E-state index in [0.29, 0.717) is 12.5 Å². The molecule has 0 aromatic rings. The minimum atomic E-state index is -0.981. The topological polar surface area (TPSA) is 69.8 Å². The van der Waals surface area contributed by atoms with Crippen LogP contribution in [0, 0.1) is 5.92 Å². The van der Waals surface area contributed by atoms with E-state index in [9.17, 15) is 9.90 Å². The zero-order valence-corrected chi connectivity index (χ0v) is 12.8. The lowest BCUT2D eigenvalue weighted by atomic mass is 9.85. The second-order valence-corrected chi connectivity index (χ2v) is 6.76. The Balaban J connectivity index is 1.78. The van der Waals surface area contributed by atoms with Gasteiger partial charge in [0.15, 0.2) is 0 Å². The monoisotopic (exact) mass is 283 g/mol. The molecule has 3 unspecified atom stereocenters. The standard InChI is InChI=1S/C15H29N3O2/c1-17(11-13-6-4-9-18(13)2)10-7-12-5-3-8-15(12,16)14(19)20/h12-13H,3-11,16H2,1-2H3,(H,19,20).